The number of phenolic OH excluding ortho intramolecular Hbond substituents is 1. The fraction of sp³-hybridized carbons (Fsp3) is 0.681. The molecule has 1 aromatic carbocycles. The van der Waals surface area contributed by atoms with Crippen molar-refractivity contribution in [1.82, 2.24) is 36.8 Å². The maximum Gasteiger partial charge on any atom is 0.289 e. The number of aliphatic hydroxyl groups excluding tert-OH is 2. The van der Waals surface area contributed by atoms with Crippen molar-refractivity contribution < 1.29 is 58.5 Å². The molecule has 9 atom stereocenters. The molecular weight excluding hydrogens is 855 g/mol. The maximum atomic E-state index is 14.0. The topological polar surface area (TPSA) is 290 Å². The fourth-order valence-corrected chi connectivity index (χ4v) is 7.75. The van der Waals surface area contributed by atoms with Crippen LogP contribution in [0.2, 0.25) is 0 Å². The van der Waals surface area contributed by atoms with Crippen LogP contribution >= 0.6 is 0 Å². The highest BCUT2D eigenvalue weighted by molar-refractivity contribution is 6.38. The molecule has 3 unspecified atom stereocenters. The van der Waals surface area contributed by atoms with E-state index in [1.165, 1.54) is 76.7 Å². The second kappa shape index (κ2) is 28.6. The molecule has 0 saturated carbocycles. The lowest BCUT2D eigenvalue weighted by molar-refractivity contribution is -0.145. The van der Waals surface area contributed by atoms with Crippen LogP contribution in [-0.4, -0.2) is 135 Å². The van der Waals surface area contributed by atoms with E-state index in [-0.39, 0.29) is 43.3 Å². The Kier molecular flexibility index (Phi) is 24.5. The molecule has 1 saturated heterocycles. The van der Waals surface area contributed by atoms with Crippen LogP contribution in [0.1, 0.15) is 131 Å². The summed E-state index contributed by atoms with van der Waals surface area (Å²) < 4.78 is 0. The van der Waals surface area contributed by atoms with Gasteiger partial charge in [-0.3, -0.25) is 43.2 Å². The summed E-state index contributed by atoms with van der Waals surface area (Å²) in [5, 5.41) is 45.7. The highest BCUT2D eigenvalue weighted by Crippen LogP contribution is 2.23. The Morgan fingerprint density at radius 2 is 1.29 bits per heavy atom. The first-order chi connectivity index (χ1) is 31.1. The summed E-state index contributed by atoms with van der Waals surface area (Å²) in [5.41, 5.74) is 0.504. The summed E-state index contributed by atoms with van der Waals surface area (Å²) in [5.74, 6) is -7.44. The van der Waals surface area contributed by atoms with Gasteiger partial charge in [-0.25, -0.2) is 0 Å². The Morgan fingerprint density at radius 3 is 1.86 bits per heavy atom. The monoisotopic (exact) mass is 930 g/mol. The number of carbonyl (C=O) groups is 9. The maximum absolute atomic E-state index is 14.0. The number of phenols is 1. The SMILES string of the molecule is CCCCCCCCCC(=O)C[C@@H](CC(C)C)C(=O)N[C@H](C(=O)N1CCC[C@@H]1C(=O)N[C@H](C(=O)N[C@@H](C)C(=O)N[C@@H](Cc1ccc(O)cc1)C(=O)NC(C)C(=O)C(=O)NC)C(C)O)C(C)O. The molecule has 2 rings (SSSR count). The van der Waals surface area contributed by atoms with Crippen LogP contribution in [0, 0.1) is 11.8 Å². The first-order valence-corrected chi connectivity index (χ1v) is 23.4. The summed E-state index contributed by atoms with van der Waals surface area (Å²) >= 11 is 0. The van der Waals surface area contributed by atoms with Crippen molar-refractivity contribution in [2.75, 3.05) is 13.6 Å². The smallest absolute Gasteiger partial charge is 0.289 e. The van der Waals surface area contributed by atoms with Crippen LogP contribution in [0.15, 0.2) is 24.3 Å². The number of aliphatic hydroxyl groups is 2. The zero-order valence-electron chi connectivity index (χ0n) is 39.9. The minimum atomic E-state index is -1.62. The van der Waals surface area contributed by atoms with Gasteiger partial charge in [-0.1, -0.05) is 71.4 Å². The summed E-state index contributed by atoms with van der Waals surface area (Å²) in [6.45, 7) is 11.2. The quantitative estimate of drug-likeness (QED) is 0.0405. The standard InChI is InChI=1S/C47H75N7O12/c1-9-10-11-12-13-14-15-17-35(58)26-33(24-27(2)3)42(61)53-39(31(7)56)47(66)54-23-16-18-37(54)44(63)52-38(30(6)55)45(64)50-29(5)41(60)51-36(25-32-19-21-34(57)22-20-32)43(62)49-28(4)40(59)46(65)48-8/h19-22,27-31,33,36-39,55-57H,9-18,23-26H2,1-8H3,(H,48,65)(H,49,62)(H,50,64)(H,51,60)(H,52,63)(H,53,61)/t28?,29-,30?,31?,33+,36-,37+,38-,39-/m0/s1. The van der Waals surface area contributed by atoms with Crippen molar-refractivity contribution >= 4 is 52.9 Å². The number of aromatic hydroxyl groups is 1. The third kappa shape index (κ3) is 18.8. The molecule has 1 aliphatic rings. The number of unbranched alkanes of at least 4 members (excludes halogenated alkanes) is 6. The Bertz CT molecular complexity index is 1800. The lowest BCUT2D eigenvalue weighted by Gasteiger charge is -2.32. The van der Waals surface area contributed by atoms with Crippen molar-refractivity contribution in [2.45, 2.75) is 180 Å². The molecule has 66 heavy (non-hydrogen) atoms. The first kappa shape index (κ1) is 56.7. The second-order valence-corrected chi connectivity index (χ2v) is 17.9. The van der Waals surface area contributed by atoms with Gasteiger partial charge in [-0.05, 0) is 77.0 Å². The average molecular weight is 930 g/mol. The molecule has 1 aromatic rings. The van der Waals surface area contributed by atoms with Gasteiger partial charge in [0.15, 0.2) is 0 Å². The second-order valence-electron chi connectivity index (χ2n) is 17.9. The van der Waals surface area contributed by atoms with Gasteiger partial charge >= 0.3 is 0 Å². The number of Topliss-reactive ketones (excluding diaryl/α,β-unsaturated/α-hetero) is 2. The number of carbonyl (C=O) groups excluding carboxylic acids is 9. The van der Waals surface area contributed by atoms with Crippen LogP contribution in [0.3, 0.4) is 0 Å². The molecule has 370 valence electrons. The van der Waals surface area contributed by atoms with E-state index in [4.69, 9.17) is 0 Å². The molecule has 9 N–H and O–H groups in total. The van der Waals surface area contributed by atoms with Gasteiger partial charge in [0.2, 0.25) is 41.2 Å². The largest absolute Gasteiger partial charge is 0.508 e. The molecule has 19 heteroatoms. The normalized spacial score (nSPS) is 17.2. The van der Waals surface area contributed by atoms with E-state index in [2.05, 4.69) is 38.8 Å². The number of hydrogen-bond donors (Lipinski definition) is 9. The number of hydrogen-bond acceptors (Lipinski definition) is 12. The summed E-state index contributed by atoms with van der Waals surface area (Å²) in [6, 6.07) is -2.43. The Hall–Kier alpha value is -5.43. The van der Waals surface area contributed by atoms with E-state index in [0.717, 1.165) is 32.1 Å². The number of likely N-dealkylation sites (tertiary alicyclic amines) is 1. The predicted octanol–water partition coefficient (Wildman–Crippen LogP) is 1.23. The summed E-state index contributed by atoms with van der Waals surface area (Å²) in [7, 11) is 1.25. The van der Waals surface area contributed by atoms with Crippen molar-refractivity contribution in [2.24, 2.45) is 11.8 Å². The van der Waals surface area contributed by atoms with E-state index in [1.54, 1.807) is 0 Å². The van der Waals surface area contributed by atoms with Crippen LogP contribution in [0.25, 0.3) is 0 Å². The lowest BCUT2D eigenvalue weighted by Crippen LogP contribution is -2.61. The van der Waals surface area contributed by atoms with E-state index < -0.39 is 102 Å². The van der Waals surface area contributed by atoms with Gasteiger partial charge in [-0.2, -0.15) is 0 Å². The van der Waals surface area contributed by atoms with Crippen LogP contribution < -0.4 is 31.9 Å². The number of nitrogens with zero attached hydrogens (tertiary/aromatic N) is 1. The van der Waals surface area contributed by atoms with E-state index in [1.807, 2.05) is 13.8 Å². The number of nitrogens with one attached hydrogen (secondary N) is 6. The van der Waals surface area contributed by atoms with Gasteiger partial charge in [-0.15, -0.1) is 0 Å². The fourth-order valence-electron chi connectivity index (χ4n) is 7.75. The van der Waals surface area contributed by atoms with Crippen molar-refractivity contribution in [3.05, 3.63) is 29.8 Å². The molecule has 1 heterocycles. The van der Waals surface area contributed by atoms with Crippen LogP contribution in [0.4, 0.5) is 0 Å². The Labute approximate surface area is 388 Å². The van der Waals surface area contributed by atoms with E-state index in [9.17, 15) is 58.5 Å². The lowest BCUT2D eigenvalue weighted by atomic mass is 9.90. The van der Waals surface area contributed by atoms with Gasteiger partial charge in [0.25, 0.3) is 5.91 Å². The molecule has 0 aliphatic carbocycles. The minimum absolute atomic E-state index is 0.00403. The summed E-state index contributed by atoms with van der Waals surface area (Å²) in [4.78, 5) is 120. The summed E-state index contributed by atoms with van der Waals surface area (Å²) in [6.07, 6.45) is 5.59. The molecule has 1 fully saturated rings. The number of rotatable bonds is 29. The van der Waals surface area contributed by atoms with Crippen molar-refractivity contribution in [1.29, 1.82) is 0 Å². The third-order valence-electron chi connectivity index (χ3n) is 11.6. The highest BCUT2D eigenvalue weighted by atomic mass is 16.3. The first-order valence-electron chi connectivity index (χ1n) is 23.4. The molecular formula is C47H75N7O12. The predicted molar refractivity (Wildman–Crippen MR) is 245 cm³/mol. The molecule has 19 nitrogen and oxygen atoms in total. The van der Waals surface area contributed by atoms with Crippen LogP contribution in [-0.2, 0) is 49.6 Å². The van der Waals surface area contributed by atoms with Crippen molar-refractivity contribution in [3.63, 3.8) is 0 Å². The zero-order chi connectivity index (χ0) is 49.7. The molecule has 1 aliphatic heterocycles. The zero-order valence-corrected chi connectivity index (χ0v) is 39.9. The van der Waals surface area contributed by atoms with Gasteiger partial charge in [0.1, 0.15) is 41.7 Å². The van der Waals surface area contributed by atoms with E-state index in [0.29, 0.717) is 24.8 Å². The molecule has 7 amide bonds. The number of ketones is 2. The molecule has 0 bridgehead atoms. The Balaban J connectivity index is 2.15. The minimum Gasteiger partial charge on any atom is -0.508 e. The Morgan fingerprint density at radius 1 is 0.697 bits per heavy atom. The molecule has 0 spiro atoms. The molecule has 0 aromatic heterocycles. The number of benzene rings is 1. The van der Waals surface area contributed by atoms with E-state index >= 15 is 0 Å². The van der Waals surface area contributed by atoms with Gasteiger partial charge in [0, 0.05) is 38.8 Å². The average Bonchev–Trinajstić information content (AvgIpc) is 3.76. The number of amides is 7. The number of likely N-dealkylation sites (N-methyl/N-ethyl adjacent to an activating group) is 1. The van der Waals surface area contributed by atoms with Crippen molar-refractivity contribution in [3.8, 4) is 5.75 Å². The van der Waals surface area contributed by atoms with Gasteiger partial charge in [0.05, 0.1) is 18.2 Å². The third-order valence-corrected chi connectivity index (χ3v) is 11.6. The van der Waals surface area contributed by atoms with Gasteiger partial charge < -0.3 is 52.1 Å². The molecule has 0 radical (unpaired) electrons. The highest BCUT2D eigenvalue weighted by Gasteiger charge is 2.42. The van der Waals surface area contributed by atoms with Crippen LogP contribution in [0.5, 0.6) is 5.75 Å².